The fourth-order valence-electron chi connectivity index (χ4n) is 2.34. The lowest BCUT2D eigenvalue weighted by molar-refractivity contribution is -0.659. The van der Waals surface area contributed by atoms with Gasteiger partial charge < -0.3 is 0 Å². The highest BCUT2D eigenvalue weighted by molar-refractivity contribution is 5.89. The third-order valence-corrected chi connectivity index (χ3v) is 3.29. The van der Waals surface area contributed by atoms with Gasteiger partial charge in [-0.1, -0.05) is 24.3 Å². The molecule has 0 saturated heterocycles. The minimum Gasteiger partial charge on any atom is -0.249 e. The van der Waals surface area contributed by atoms with Gasteiger partial charge in [0.1, 0.15) is 12.6 Å². The number of aromatic nitrogens is 2. The predicted molar refractivity (Wildman–Crippen MR) is 73.1 cm³/mol. The molecule has 3 aromatic rings. The molecule has 0 bridgehead atoms. The highest BCUT2D eigenvalue weighted by Crippen LogP contribution is 2.25. The van der Waals surface area contributed by atoms with Gasteiger partial charge in [0.2, 0.25) is 5.69 Å². The highest BCUT2D eigenvalue weighted by atomic mass is 14.9. The Hall–Kier alpha value is -2.22. The average molecular weight is 235 g/mol. The monoisotopic (exact) mass is 235 g/mol. The molecule has 1 aromatic carbocycles. The molecule has 0 aliphatic heterocycles. The van der Waals surface area contributed by atoms with Crippen LogP contribution in [0.2, 0.25) is 0 Å². The van der Waals surface area contributed by atoms with E-state index in [1.807, 2.05) is 12.3 Å². The van der Waals surface area contributed by atoms with E-state index in [0.29, 0.717) is 0 Å². The Morgan fingerprint density at radius 2 is 1.83 bits per heavy atom. The van der Waals surface area contributed by atoms with Gasteiger partial charge in [-0.3, -0.25) is 0 Å². The van der Waals surface area contributed by atoms with Crippen molar-refractivity contribution < 1.29 is 4.57 Å². The molecule has 0 atom stereocenters. The van der Waals surface area contributed by atoms with Gasteiger partial charge in [0.05, 0.1) is 5.56 Å². The lowest BCUT2D eigenvalue weighted by Crippen LogP contribution is -2.31. The summed E-state index contributed by atoms with van der Waals surface area (Å²) >= 11 is 0. The van der Waals surface area contributed by atoms with Crippen LogP contribution in [0.3, 0.4) is 0 Å². The molecule has 0 aliphatic carbocycles. The molecule has 2 nitrogen and oxygen atoms in total. The fraction of sp³-hybridized carbons (Fsp3) is 0.125. The first-order valence-electron chi connectivity index (χ1n) is 6.07. The van der Waals surface area contributed by atoms with Crippen LogP contribution in [0.15, 0.2) is 54.9 Å². The quantitative estimate of drug-likeness (QED) is 0.592. The van der Waals surface area contributed by atoms with Crippen LogP contribution in [0.4, 0.5) is 0 Å². The van der Waals surface area contributed by atoms with Crippen LogP contribution in [-0.2, 0) is 7.05 Å². The Balaban J connectivity index is 2.42. The van der Waals surface area contributed by atoms with Crippen LogP contribution in [0.5, 0.6) is 0 Å². The van der Waals surface area contributed by atoms with Crippen molar-refractivity contribution >= 4 is 10.9 Å². The predicted octanol–water partition coefficient (Wildman–Crippen LogP) is 3.03. The van der Waals surface area contributed by atoms with Gasteiger partial charge in [0, 0.05) is 17.6 Å². The molecule has 0 saturated carbocycles. The van der Waals surface area contributed by atoms with E-state index < -0.39 is 0 Å². The van der Waals surface area contributed by atoms with Gasteiger partial charge in [-0.05, 0) is 24.6 Å². The molecular weight excluding hydrogens is 220 g/mol. The summed E-state index contributed by atoms with van der Waals surface area (Å²) in [5, 5.41) is 1.17. The lowest BCUT2D eigenvalue weighted by Gasteiger charge is -2.06. The van der Waals surface area contributed by atoms with Crippen molar-refractivity contribution in [3.8, 4) is 11.3 Å². The molecule has 2 heterocycles. The van der Waals surface area contributed by atoms with Crippen molar-refractivity contribution in [1.29, 1.82) is 0 Å². The van der Waals surface area contributed by atoms with Crippen LogP contribution in [0.25, 0.3) is 22.2 Å². The van der Waals surface area contributed by atoms with Crippen molar-refractivity contribution in [1.82, 2.24) is 4.98 Å². The normalized spacial score (nSPS) is 10.8. The van der Waals surface area contributed by atoms with Gasteiger partial charge in [-0.25, -0.2) is 4.98 Å². The Morgan fingerprint density at radius 1 is 1.00 bits per heavy atom. The standard InChI is InChI=1S/C16H15N2/c1-12-6-3-4-8-14(12)16-15-13(7-5-10-17-15)9-11-18(16)2/h3-11H,1-2H3/q+1. The number of aryl methyl sites for hydroxylation is 2. The summed E-state index contributed by atoms with van der Waals surface area (Å²) in [6, 6.07) is 14.6. The molecule has 0 radical (unpaired) electrons. The number of pyridine rings is 2. The zero-order valence-corrected chi connectivity index (χ0v) is 10.6. The van der Waals surface area contributed by atoms with Crippen LogP contribution >= 0.6 is 0 Å². The first-order valence-corrected chi connectivity index (χ1v) is 6.07. The zero-order chi connectivity index (χ0) is 12.5. The van der Waals surface area contributed by atoms with Crippen LogP contribution in [0, 0.1) is 6.92 Å². The number of rotatable bonds is 1. The van der Waals surface area contributed by atoms with Gasteiger partial charge in [0.25, 0.3) is 0 Å². The third kappa shape index (κ3) is 1.66. The first kappa shape index (κ1) is 10.9. The molecule has 88 valence electrons. The van der Waals surface area contributed by atoms with E-state index in [2.05, 4.69) is 66.1 Å². The number of hydrogen-bond acceptors (Lipinski definition) is 1. The van der Waals surface area contributed by atoms with Crippen molar-refractivity contribution in [2.75, 3.05) is 0 Å². The van der Waals surface area contributed by atoms with Crippen molar-refractivity contribution in [3.05, 3.63) is 60.4 Å². The SMILES string of the molecule is Cc1ccccc1-c1c2ncccc2cc[n+]1C. The molecular formula is C16H15N2+. The van der Waals surface area contributed by atoms with Gasteiger partial charge in [-0.15, -0.1) is 0 Å². The molecule has 0 unspecified atom stereocenters. The van der Waals surface area contributed by atoms with Crippen molar-refractivity contribution in [3.63, 3.8) is 0 Å². The summed E-state index contributed by atoms with van der Waals surface area (Å²) in [4.78, 5) is 4.54. The van der Waals surface area contributed by atoms with Crippen molar-refractivity contribution in [2.45, 2.75) is 6.92 Å². The zero-order valence-electron chi connectivity index (χ0n) is 10.6. The third-order valence-electron chi connectivity index (χ3n) is 3.29. The highest BCUT2D eigenvalue weighted by Gasteiger charge is 2.16. The summed E-state index contributed by atoms with van der Waals surface area (Å²) in [7, 11) is 2.07. The Kier molecular flexibility index (Phi) is 2.56. The van der Waals surface area contributed by atoms with Crippen molar-refractivity contribution in [2.24, 2.45) is 7.05 Å². The van der Waals surface area contributed by atoms with Crippen LogP contribution < -0.4 is 4.57 Å². The molecule has 18 heavy (non-hydrogen) atoms. The molecule has 0 amide bonds. The minimum atomic E-state index is 1.05. The summed E-state index contributed by atoms with van der Waals surface area (Å²) in [5.41, 5.74) is 4.73. The summed E-state index contributed by atoms with van der Waals surface area (Å²) in [6.45, 7) is 2.14. The molecule has 0 aliphatic rings. The second-order valence-electron chi connectivity index (χ2n) is 4.53. The second-order valence-corrected chi connectivity index (χ2v) is 4.53. The summed E-state index contributed by atoms with van der Waals surface area (Å²) in [6.07, 6.45) is 3.94. The first-order chi connectivity index (χ1) is 8.77. The van der Waals surface area contributed by atoms with E-state index in [-0.39, 0.29) is 0 Å². The maximum atomic E-state index is 4.54. The molecule has 2 aromatic heterocycles. The molecule has 0 spiro atoms. The lowest BCUT2D eigenvalue weighted by atomic mass is 10.0. The van der Waals surface area contributed by atoms with E-state index in [4.69, 9.17) is 0 Å². The van der Waals surface area contributed by atoms with E-state index in [1.54, 1.807) is 0 Å². The Labute approximate surface area is 107 Å². The van der Waals surface area contributed by atoms with Crippen LogP contribution in [0.1, 0.15) is 5.56 Å². The fourth-order valence-corrected chi connectivity index (χ4v) is 2.34. The molecule has 3 rings (SSSR count). The Bertz CT molecular complexity index is 717. The van der Waals surface area contributed by atoms with Crippen LogP contribution in [-0.4, -0.2) is 4.98 Å². The largest absolute Gasteiger partial charge is 0.249 e. The maximum Gasteiger partial charge on any atom is 0.239 e. The minimum absolute atomic E-state index is 1.05. The molecule has 2 heteroatoms. The maximum absolute atomic E-state index is 4.54. The average Bonchev–Trinajstić information content (AvgIpc) is 2.40. The van der Waals surface area contributed by atoms with Gasteiger partial charge in [-0.2, -0.15) is 4.57 Å². The molecule has 0 N–H and O–H groups in total. The smallest absolute Gasteiger partial charge is 0.239 e. The van der Waals surface area contributed by atoms with E-state index in [0.717, 1.165) is 5.52 Å². The van der Waals surface area contributed by atoms with Gasteiger partial charge in [0.15, 0.2) is 6.20 Å². The summed E-state index contributed by atoms with van der Waals surface area (Å²) < 4.78 is 2.14. The van der Waals surface area contributed by atoms with E-state index >= 15 is 0 Å². The topological polar surface area (TPSA) is 16.8 Å². The number of benzene rings is 1. The van der Waals surface area contributed by atoms with E-state index in [1.165, 1.54) is 22.2 Å². The second kappa shape index (κ2) is 4.22. The number of hydrogen-bond donors (Lipinski definition) is 0. The molecule has 0 fully saturated rings. The Morgan fingerprint density at radius 3 is 2.67 bits per heavy atom. The number of fused-ring (bicyclic) bond motifs is 1. The number of nitrogens with zero attached hydrogens (tertiary/aromatic N) is 2. The van der Waals surface area contributed by atoms with Gasteiger partial charge >= 0.3 is 0 Å². The van der Waals surface area contributed by atoms with E-state index in [9.17, 15) is 0 Å². The summed E-state index contributed by atoms with van der Waals surface area (Å²) in [5.74, 6) is 0.